The van der Waals surface area contributed by atoms with Gasteiger partial charge in [0.2, 0.25) is 11.8 Å². The molecule has 1 saturated carbocycles. The van der Waals surface area contributed by atoms with Crippen molar-refractivity contribution in [1.29, 1.82) is 0 Å². The summed E-state index contributed by atoms with van der Waals surface area (Å²) in [5.41, 5.74) is 0.776. The molecule has 0 heterocycles. The van der Waals surface area contributed by atoms with Crippen LogP contribution in [-0.4, -0.2) is 38.6 Å². The van der Waals surface area contributed by atoms with Crippen molar-refractivity contribution in [3.8, 4) is 11.5 Å². The molecule has 0 spiro atoms. The van der Waals surface area contributed by atoms with Crippen LogP contribution < -0.4 is 20.1 Å². The van der Waals surface area contributed by atoms with Crippen molar-refractivity contribution in [3.05, 3.63) is 29.8 Å². The molecule has 6 heteroatoms. The summed E-state index contributed by atoms with van der Waals surface area (Å²) in [4.78, 5) is 23.8. The molecule has 142 valence electrons. The van der Waals surface area contributed by atoms with Crippen LogP contribution >= 0.6 is 0 Å². The number of hydrogen-bond acceptors (Lipinski definition) is 4. The Morgan fingerprint density at radius 1 is 1.15 bits per heavy atom. The highest BCUT2D eigenvalue weighted by Gasteiger charge is 2.15. The molecule has 0 aromatic heterocycles. The van der Waals surface area contributed by atoms with Crippen molar-refractivity contribution in [2.75, 3.05) is 20.8 Å². The Morgan fingerprint density at radius 2 is 1.92 bits per heavy atom. The van der Waals surface area contributed by atoms with Crippen LogP contribution in [0.4, 0.5) is 0 Å². The van der Waals surface area contributed by atoms with E-state index in [4.69, 9.17) is 9.47 Å². The van der Waals surface area contributed by atoms with Crippen LogP contribution in [0, 0.1) is 0 Å². The van der Waals surface area contributed by atoms with Gasteiger partial charge in [0.25, 0.3) is 0 Å². The molecule has 0 saturated heterocycles. The number of nitrogens with one attached hydrogen (secondary N) is 2. The first-order chi connectivity index (χ1) is 12.6. The summed E-state index contributed by atoms with van der Waals surface area (Å²) in [5, 5.41) is 5.77. The van der Waals surface area contributed by atoms with Gasteiger partial charge in [-0.05, 0) is 31.1 Å². The van der Waals surface area contributed by atoms with Crippen molar-refractivity contribution < 1.29 is 19.1 Å². The smallest absolute Gasteiger partial charge is 0.244 e. The molecule has 0 radical (unpaired) electrons. The third kappa shape index (κ3) is 6.43. The van der Waals surface area contributed by atoms with Gasteiger partial charge in [0.1, 0.15) is 11.5 Å². The van der Waals surface area contributed by atoms with E-state index in [1.54, 1.807) is 32.4 Å². The lowest BCUT2D eigenvalue weighted by atomic mass is 9.95. The van der Waals surface area contributed by atoms with Crippen molar-refractivity contribution >= 4 is 17.9 Å². The fraction of sp³-hybridized carbons (Fsp3) is 0.500. The molecule has 26 heavy (non-hydrogen) atoms. The van der Waals surface area contributed by atoms with Gasteiger partial charge in [-0.15, -0.1) is 0 Å². The molecule has 2 N–H and O–H groups in total. The van der Waals surface area contributed by atoms with E-state index in [0.29, 0.717) is 30.5 Å². The minimum atomic E-state index is -0.242. The first-order valence-corrected chi connectivity index (χ1v) is 9.09. The van der Waals surface area contributed by atoms with Gasteiger partial charge in [0.05, 0.1) is 14.2 Å². The molecule has 6 nitrogen and oxygen atoms in total. The molecule has 2 amide bonds. The van der Waals surface area contributed by atoms with Crippen LogP contribution in [0.5, 0.6) is 11.5 Å². The molecule has 0 unspecified atom stereocenters. The van der Waals surface area contributed by atoms with Gasteiger partial charge in [-0.2, -0.15) is 0 Å². The number of carbonyl (C=O) groups excluding carboxylic acids is 2. The van der Waals surface area contributed by atoms with Gasteiger partial charge in [0.15, 0.2) is 0 Å². The van der Waals surface area contributed by atoms with Gasteiger partial charge in [-0.25, -0.2) is 0 Å². The highest BCUT2D eigenvalue weighted by atomic mass is 16.5. The maximum Gasteiger partial charge on any atom is 0.244 e. The molecule has 1 fully saturated rings. The Hall–Kier alpha value is -2.50. The molecule has 1 aliphatic carbocycles. The van der Waals surface area contributed by atoms with Crippen LogP contribution in [0.15, 0.2) is 24.3 Å². The molecule has 1 aliphatic rings. The zero-order valence-corrected chi connectivity index (χ0v) is 15.5. The zero-order chi connectivity index (χ0) is 18.8. The summed E-state index contributed by atoms with van der Waals surface area (Å²) in [6, 6.07) is 5.68. The van der Waals surface area contributed by atoms with Gasteiger partial charge < -0.3 is 20.1 Å². The highest BCUT2D eigenvalue weighted by molar-refractivity contribution is 5.92. The van der Waals surface area contributed by atoms with E-state index in [1.165, 1.54) is 25.3 Å². The van der Waals surface area contributed by atoms with Crippen LogP contribution in [0.25, 0.3) is 6.08 Å². The Balaban J connectivity index is 1.74. The molecule has 2 rings (SSSR count). The standard InChI is InChI=1S/C20H28N2O4/c1-25-17-10-8-15(18(14-17)26-2)9-11-19(23)21-13-12-20(24)22-16-6-4-3-5-7-16/h8-11,14,16H,3-7,12-13H2,1-2H3,(H,21,23)(H,22,24)/b11-9+. The van der Waals surface area contributed by atoms with Crippen LogP contribution in [0.3, 0.4) is 0 Å². The molecular weight excluding hydrogens is 332 g/mol. The van der Waals surface area contributed by atoms with E-state index in [0.717, 1.165) is 18.4 Å². The predicted octanol–water partition coefficient (Wildman–Crippen LogP) is 2.67. The van der Waals surface area contributed by atoms with E-state index in [-0.39, 0.29) is 11.8 Å². The van der Waals surface area contributed by atoms with E-state index in [1.807, 2.05) is 6.07 Å². The Labute approximate surface area is 154 Å². The van der Waals surface area contributed by atoms with Gasteiger partial charge in [0, 0.05) is 36.7 Å². The Morgan fingerprint density at radius 3 is 2.62 bits per heavy atom. The number of rotatable bonds is 8. The average molecular weight is 360 g/mol. The second-order valence-corrected chi connectivity index (χ2v) is 6.38. The predicted molar refractivity (Wildman–Crippen MR) is 101 cm³/mol. The van der Waals surface area contributed by atoms with Crippen molar-refractivity contribution in [2.24, 2.45) is 0 Å². The van der Waals surface area contributed by atoms with Crippen LogP contribution in [0.2, 0.25) is 0 Å². The van der Waals surface area contributed by atoms with Gasteiger partial charge in [-0.1, -0.05) is 19.3 Å². The van der Waals surface area contributed by atoms with Crippen LogP contribution in [0.1, 0.15) is 44.1 Å². The first kappa shape index (κ1) is 19.8. The lowest BCUT2D eigenvalue weighted by molar-refractivity contribution is -0.122. The number of carbonyl (C=O) groups is 2. The lowest BCUT2D eigenvalue weighted by Crippen LogP contribution is -2.38. The third-order valence-corrected chi connectivity index (χ3v) is 4.48. The minimum Gasteiger partial charge on any atom is -0.497 e. The molecule has 1 aromatic rings. The molecule has 1 aromatic carbocycles. The maximum absolute atomic E-state index is 11.9. The summed E-state index contributed by atoms with van der Waals surface area (Å²) in [6.07, 6.45) is 9.15. The van der Waals surface area contributed by atoms with Crippen molar-refractivity contribution in [2.45, 2.75) is 44.6 Å². The second-order valence-electron chi connectivity index (χ2n) is 6.38. The summed E-state index contributed by atoms with van der Waals surface area (Å²) in [6.45, 7) is 0.321. The topological polar surface area (TPSA) is 76.7 Å². The normalized spacial score (nSPS) is 14.8. The quantitative estimate of drug-likeness (QED) is 0.699. The lowest BCUT2D eigenvalue weighted by Gasteiger charge is -2.22. The number of amides is 2. The molecule has 0 aliphatic heterocycles. The number of ether oxygens (including phenoxy) is 2. The monoisotopic (exact) mass is 360 g/mol. The van der Waals surface area contributed by atoms with Gasteiger partial charge in [-0.3, -0.25) is 9.59 Å². The minimum absolute atomic E-state index is 0.00185. The third-order valence-electron chi connectivity index (χ3n) is 4.48. The molecular formula is C20H28N2O4. The Kier molecular flexibility index (Phi) is 7.99. The fourth-order valence-electron chi connectivity index (χ4n) is 3.03. The first-order valence-electron chi connectivity index (χ1n) is 9.09. The number of methoxy groups -OCH3 is 2. The molecule has 0 atom stereocenters. The van der Waals surface area contributed by atoms with Crippen LogP contribution in [-0.2, 0) is 9.59 Å². The van der Waals surface area contributed by atoms with Gasteiger partial charge >= 0.3 is 0 Å². The summed E-state index contributed by atoms with van der Waals surface area (Å²) in [5.74, 6) is 1.07. The van der Waals surface area contributed by atoms with E-state index < -0.39 is 0 Å². The Bertz CT molecular complexity index is 637. The van der Waals surface area contributed by atoms with E-state index in [9.17, 15) is 9.59 Å². The van der Waals surface area contributed by atoms with E-state index >= 15 is 0 Å². The SMILES string of the molecule is COc1ccc(/C=C/C(=O)NCCC(=O)NC2CCCCC2)c(OC)c1. The van der Waals surface area contributed by atoms with Crippen molar-refractivity contribution in [1.82, 2.24) is 10.6 Å². The highest BCUT2D eigenvalue weighted by Crippen LogP contribution is 2.25. The molecule has 0 bridgehead atoms. The maximum atomic E-state index is 11.9. The van der Waals surface area contributed by atoms with E-state index in [2.05, 4.69) is 10.6 Å². The average Bonchev–Trinajstić information content (AvgIpc) is 2.67. The fourth-order valence-corrected chi connectivity index (χ4v) is 3.03. The number of hydrogen-bond donors (Lipinski definition) is 2. The summed E-state index contributed by atoms with van der Waals surface area (Å²) in [7, 11) is 3.15. The largest absolute Gasteiger partial charge is 0.497 e. The summed E-state index contributed by atoms with van der Waals surface area (Å²) >= 11 is 0. The number of benzene rings is 1. The zero-order valence-electron chi connectivity index (χ0n) is 15.5. The second kappa shape index (κ2) is 10.5. The van der Waals surface area contributed by atoms with Crippen molar-refractivity contribution in [3.63, 3.8) is 0 Å². The summed E-state index contributed by atoms with van der Waals surface area (Å²) < 4.78 is 10.4.